The van der Waals surface area contributed by atoms with Gasteiger partial charge in [-0.15, -0.1) is 0 Å². The van der Waals surface area contributed by atoms with E-state index in [1.165, 1.54) is 5.56 Å². The van der Waals surface area contributed by atoms with Gasteiger partial charge in [0, 0.05) is 25.7 Å². The Kier molecular flexibility index (Phi) is 3.62. The fourth-order valence-corrected chi connectivity index (χ4v) is 2.15. The van der Waals surface area contributed by atoms with Crippen LogP contribution in [0.3, 0.4) is 0 Å². The highest BCUT2D eigenvalue weighted by Gasteiger charge is 2.20. The van der Waals surface area contributed by atoms with Crippen molar-refractivity contribution in [3.05, 3.63) is 29.3 Å². The fraction of sp³-hybridized carbons (Fsp3) is 0.385. The number of hydrogen-bond acceptors (Lipinski definition) is 3. The third-order valence-electron chi connectivity index (χ3n) is 3.12. The summed E-state index contributed by atoms with van der Waals surface area (Å²) in [5, 5.41) is 2.97. The second kappa shape index (κ2) is 5.18. The maximum absolute atomic E-state index is 11.6. The maximum atomic E-state index is 11.6. The summed E-state index contributed by atoms with van der Waals surface area (Å²) in [5.41, 5.74) is 8.30. The van der Waals surface area contributed by atoms with Crippen molar-refractivity contribution < 1.29 is 9.59 Å². The molecule has 18 heavy (non-hydrogen) atoms. The largest absolute Gasteiger partial charge is 0.369 e. The molecule has 1 heterocycles. The van der Waals surface area contributed by atoms with Crippen molar-refractivity contribution in [1.82, 2.24) is 5.32 Å². The molecule has 0 aromatic heterocycles. The van der Waals surface area contributed by atoms with Crippen LogP contribution < -0.4 is 16.0 Å². The normalized spacial score (nSPS) is 14.5. The van der Waals surface area contributed by atoms with Crippen molar-refractivity contribution in [1.29, 1.82) is 0 Å². The van der Waals surface area contributed by atoms with Crippen molar-refractivity contribution in [3.63, 3.8) is 0 Å². The van der Waals surface area contributed by atoms with Crippen LogP contribution in [0.4, 0.5) is 5.69 Å². The van der Waals surface area contributed by atoms with E-state index in [1.807, 2.05) is 12.1 Å². The van der Waals surface area contributed by atoms with E-state index < -0.39 is 0 Å². The lowest BCUT2D eigenvalue weighted by atomic mass is 9.99. The molecule has 0 saturated heterocycles. The minimum Gasteiger partial charge on any atom is -0.369 e. The lowest BCUT2D eigenvalue weighted by Gasteiger charge is -2.26. The van der Waals surface area contributed by atoms with Gasteiger partial charge in [-0.1, -0.05) is 12.1 Å². The van der Waals surface area contributed by atoms with Gasteiger partial charge in [0.2, 0.25) is 11.8 Å². The molecule has 0 unspecified atom stereocenters. The van der Waals surface area contributed by atoms with Crippen LogP contribution in [0.25, 0.3) is 0 Å². The van der Waals surface area contributed by atoms with Crippen LogP contribution in [0, 0.1) is 0 Å². The molecular formula is C13H17N3O2. The molecule has 1 aliphatic heterocycles. The highest BCUT2D eigenvalue weighted by atomic mass is 16.2. The van der Waals surface area contributed by atoms with E-state index in [2.05, 4.69) is 11.4 Å². The number of hydrogen-bond donors (Lipinski definition) is 2. The van der Waals surface area contributed by atoms with Gasteiger partial charge in [-0.25, -0.2) is 0 Å². The average molecular weight is 247 g/mol. The molecule has 5 nitrogen and oxygen atoms in total. The number of fused-ring (bicyclic) bond motifs is 1. The minimum absolute atomic E-state index is 0.155. The van der Waals surface area contributed by atoms with Gasteiger partial charge in [0.15, 0.2) is 0 Å². The van der Waals surface area contributed by atoms with Crippen LogP contribution in [-0.4, -0.2) is 25.4 Å². The Labute approximate surface area is 106 Å². The van der Waals surface area contributed by atoms with Crippen LogP contribution in [0.2, 0.25) is 0 Å². The summed E-state index contributed by atoms with van der Waals surface area (Å²) < 4.78 is 0. The van der Waals surface area contributed by atoms with Crippen molar-refractivity contribution >= 4 is 17.5 Å². The number of rotatable bonds is 4. The molecule has 0 bridgehead atoms. The predicted molar refractivity (Wildman–Crippen MR) is 69.1 cm³/mol. The van der Waals surface area contributed by atoms with Crippen LogP contribution in [-0.2, 0) is 22.6 Å². The molecule has 1 aromatic carbocycles. The average Bonchev–Trinajstić information content (AvgIpc) is 2.33. The van der Waals surface area contributed by atoms with E-state index in [-0.39, 0.29) is 18.4 Å². The van der Waals surface area contributed by atoms with E-state index in [4.69, 9.17) is 5.73 Å². The van der Waals surface area contributed by atoms with Crippen molar-refractivity contribution in [3.8, 4) is 0 Å². The number of aryl methyl sites for hydroxylation is 1. The Morgan fingerprint density at radius 1 is 1.44 bits per heavy atom. The summed E-state index contributed by atoms with van der Waals surface area (Å²) in [4.78, 5) is 23.9. The molecule has 1 aliphatic rings. The van der Waals surface area contributed by atoms with Crippen LogP contribution in [0.15, 0.2) is 18.2 Å². The first-order chi connectivity index (χ1) is 8.58. The Bertz CT molecular complexity index is 485. The SMILES string of the molecule is CN1C(=O)CCc2cc(CNCC(N)=O)ccc21. The van der Waals surface area contributed by atoms with Gasteiger partial charge in [0.1, 0.15) is 0 Å². The molecule has 0 aliphatic carbocycles. The molecule has 3 N–H and O–H groups in total. The maximum Gasteiger partial charge on any atom is 0.231 e. The number of carbonyl (C=O) groups excluding carboxylic acids is 2. The number of nitrogens with one attached hydrogen (secondary N) is 1. The highest BCUT2D eigenvalue weighted by Crippen LogP contribution is 2.27. The Morgan fingerprint density at radius 2 is 2.22 bits per heavy atom. The zero-order chi connectivity index (χ0) is 13.1. The molecule has 0 atom stereocenters. The van der Waals surface area contributed by atoms with Gasteiger partial charge in [-0.3, -0.25) is 9.59 Å². The first-order valence-electron chi connectivity index (χ1n) is 5.95. The molecule has 1 aromatic rings. The summed E-state index contributed by atoms with van der Waals surface area (Å²) in [6.07, 6.45) is 1.34. The number of nitrogens with two attached hydrogens (primary N) is 1. The van der Waals surface area contributed by atoms with E-state index >= 15 is 0 Å². The van der Waals surface area contributed by atoms with Crippen molar-refractivity contribution in [2.45, 2.75) is 19.4 Å². The van der Waals surface area contributed by atoms with Gasteiger partial charge in [-0.05, 0) is 23.6 Å². The molecule has 0 fully saturated rings. The monoisotopic (exact) mass is 247 g/mol. The zero-order valence-electron chi connectivity index (χ0n) is 10.4. The van der Waals surface area contributed by atoms with E-state index in [9.17, 15) is 9.59 Å². The van der Waals surface area contributed by atoms with E-state index in [0.29, 0.717) is 13.0 Å². The molecule has 96 valence electrons. The van der Waals surface area contributed by atoms with Gasteiger partial charge in [0.05, 0.1) is 6.54 Å². The molecule has 0 radical (unpaired) electrons. The third kappa shape index (κ3) is 2.68. The summed E-state index contributed by atoms with van der Waals surface area (Å²) in [6.45, 7) is 0.781. The summed E-state index contributed by atoms with van der Waals surface area (Å²) >= 11 is 0. The molecule has 2 amide bonds. The van der Waals surface area contributed by atoms with Crippen LogP contribution >= 0.6 is 0 Å². The molecule has 2 rings (SSSR count). The van der Waals surface area contributed by atoms with Crippen LogP contribution in [0.5, 0.6) is 0 Å². The lowest BCUT2D eigenvalue weighted by Crippen LogP contribution is -2.31. The number of benzene rings is 1. The number of carbonyl (C=O) groups is 2. The highest BCUT2D eigenvalue weighted by molar-refractivity contribution is 5.95. The Morgan fingerprint density at radius 3 is 2.94 bits per heavy atom. The van der Waals surface area contributed by atoms with E-state index in [0.717, 1.165) is 17.7 Å². The minimum atomic E-state index is -0.363. The van der Waals surface area contributed by atoms with Gasteiger partial charge < -0.3 is 16.0 Å². The summed E-state index contributed by atoms with van der Waals surface area (Å²) in [6, 6.07) is 5.99. The van der Waals surface area contributed by atoms with Crippen molar-refractivity contribution in [2.75, 3.05) is 18.5 Å². The van der Waals surface area contributed by atoms with Gasteiger partial charge in [-0.2, -0.15) is 0 Å². The second-order valence-electron chi connectivity index (χ2n) is 4.49. The van der Waals surface area contributed by atoms with E-state index in [1.54, 1.807) is 11.9 Å². The number of nitrogens with zero attached hydrogens (tertiary/aromatic N) is 1. The summed E-state index contributed by atoms with van der Waals surface area (Å²) in [7, 11) is 1.80. The lowest BCUT2D eigenvalue weighted by molar-refractivity contribution is -0.119. The number of primary amides is 1. The molecule has 0 spiro atoms. The first kappa shape index (κ1) is 12.6. The zero-order valence-corrected chi connectivity index (χ0v) is 10.4. The molecular weight excluding hydrogens is 230 g/mol. The first-order valence-corrected chi connectivity index (χ1v) is 5.95. The fourth-order valence-electron chi connectivity index (χ4n) is 2.15. The third-order valence-corrected chi connectivity index (χ3v) is 3.12. The molecule has 0 saturated carbocycles. The van der Waals surface area contributed by atoms with Crippen LogP contribution in [0.1, 0.15) is 17.5 Å². The topological polar surface area (TPSA) is 75.4 Å². The molecule has 5 heteroatoms. The van der Waals surface area contributed by atoms with Gasteiger partial charge in [0.25, 0.3) is 0 Å². The van der Waals surface area contributed by atoms with Gasteiger partial charge >= 0.3 is 0 Å². The second-order valence-corrected chi connectivity index (χ2v) is 4.49. The quantitative estimate of drug-likeness (QED) is 0.796. The Balaban J connectivity index is 2.08. The Hall–Kier alpha value is -1.88. The smallest absolute Gasteiger partial charge is 0.231 e. The number of amides is 2. The standard InChI is InChI=1S/C13H17N3O2/c1-16-11-4-2-9(7-15-8-12(14)17)6-10(11)3-5-13(16)18/h2,4,6,15H,3,5,7-8H2,1H3,(H2,14,17). The summed E-state index contributed by atoms with van der Waals surface area (Å²) in [5.74, 6) is -0.208. The number of anilines is 1. The predicted octanol–water partition coefficient (Wildman–Crippen LogP) is 0.171. The van der Waals surface area contributed by atoms with Crippen molar-refractivity contribution in [2.24, 2.45) is 5.73 Å².